The predicted octanol–water partition coefficient (Wildman–Crippen LogP) is 2.75. The van der Waals surface area contributed by atoms with Gasteiger partial charge in [0, 0.05) is 19.1 Å². The van der Waals surface area contributed by atoms with Crippen LogP contribution in [0.4, 0.5) is 0 Å². The van der Waals surface area contributed by atoms with E-state index in [9.17, 15) is 0 Å². The largest absolute Gasteiger partial charge is 0.383 e. The first-order valence-corrected chi connectivity index (χ1v) is 8.26. The topological polar surface area (TPSA) is 59.6 Å². The zero-order chi connectivity index (χ0) is 15.8. The summed E-state index contributed by atoms with van der Waals surface area (Å²) in [6, 6.07) is 8.88. The Kier molecular flexibility index (Phi) is 6.25. The molecule has 1 saturated carbocycles. The predicted molar refractivity (Wildman–Crippen MR) is 92.3 cm³/mol. The van der Waals surface area contributed by atoms with Crippen LogP contribution in [0.3, 0.4) is 0 Å². The second kappa shape index (κ2) is 8.18. The fourth-order valence-corrected chi connectivity index (χ4v) is 3.32. The normalized spacial score (nSPS) is 18.2. The second-order valence-electron chi connectivity index (χ2n) is 6.33. The molecule has 0 aliphatic heterocycles. The van der Waals surface area contributed by atoms with Crippen LogP contribution in [0.1, 0.15) is 43.2 Å². The van der Waals surface area contributed by atoms with Gasteiger partial charge < -0.3 is 15.8 Å². The number of aliphatic imine (C=N–C) groups is 1. The molecule has 0 atom stereocenters. The molecule has 1 fully saturated rings. The second-order valence-corrected chi connectivity index (χ2v) is 6.33. The van der Waals surface area contributed by atoms with Gasteiger partial charge in [-0.3, -0.25) is 4.99 Å². The molecular weight excluding hydrogens is 274 g/mol. The van der Waals surface area contributed by atoms with Crippen LogP contribution in [-0.2, 0) is 10.2 Å². The Hall–Kier alpha value is -1.55. The maximum Gasteiger partial charge on any atom is 0.188 e. The molecule has 1 aliphatic rings. The van der Waals surface area contributed by atoms with Gasteiger partial charge in [-0.25, -0.2) is 0 Å². The molecule has 4 nitrogen and oxygen atoms in total. The Morgan fingerprint density at radius 2 is 2.09 bits per heavy atom. The number of nitrogens with two attached hydrogens (primary N) is 1. The lowest BCUT2D eigenvalue weighted by molar-refractivity contribution is 0.204. The van der Waals surface area contributed by atoms with Crippen molar-refractivity contribution in [2.45, 2.75) is 44.4 Å². The lowest BCUT2D eigenvalue weighted by Crippen LogP contribution is -2.38. The Morgan fingerprint density at radius 3 is 2.77 bits per heavy atom. The zero-order valence-electron chi connectivity index (χ0n) is 13.9. The summed E-state index contributed by atoms with van der Waals surface area (Å²) in [5, 5.41) is 3.11. The molecule has 0 heterocycles. The molecule has 0 bridgehead atoms. The van der Waals surface area contributed by atoms with Gasteiger partial charge in [-0.2, -0.15) is 0 Å². The van der Waals surface area contributed by atoms with E-state index in [1.807, 2.05) is 0 Å². The van der Waals surface area contributed by atoms with Crippen LogP contribution in [0, 0.1) is 6.92 Å². The molecule has 0 aromatic heterocycles. The van der Waals surface area contributed by atoms with E-state index < -0.39 is 0 Å². The number of rotatable bonds is 6. The molecule has 0 radical (unpaired) electrons. The maximum atomic E-state index is 5.98. The van der Waals surface area contributed by atoms with Crippen LogP contribution in [0.2, 0.25) is 0 Å². The third-order valence-corrected chi connectivity index (χ3v) is 4.61. The van der Waals surface area contributed by atoms with Crippen molar-refractivity contribution in [3.63, 3.8) is 0 Å². The number of ether oxygens (including phenoxy) is 1. The van der Waals surface area contributed by atoms with Crippen LogP contribution in [0.5, 0.6) is 0 Å². The van der Waals surface area contributed by atoms with E-state index in [-0.39, 0.29) is 5.41 Å². The molecule has 1 aromatic carbocycles. The van der Waals surface area contributed by atoms with Gasteiger partial charge in [0.1, 0.15) is 0 Å². The summed E-state index contributed by atoms with van der Waals surface area (Å²) in [6.45, 7) is 4.26. The number of nitrogens with one attached hydrogen (secondary N) is 1. The summed E-state index contributed by atoms with van der Waals surface area (Å²) in [5.74, 6) is 0.523. The third-order valence-electron chi connectivity index (χ3n) is 4.61. The molecule has 22 heavy (non-hydrogen) atoms. The molecule has 1 aromatic rings. The van der Waals surface area contributed by atoms with Crippen molar-refractivity contribution in [2.24, 2.45) is 10.7 Å². The summed E-state index contributed by atoms with van der Waals surface area (Å²) >= 11 is 0. The van der Waals surface area contributed by atoms with Crippen molar-refractivity contribution in [3.05, 3.63) is 35.4 Å². The Morgan fingerprint density at radius 1 is 1.32 bits per heavy atom. The van der Waals surface area contributed by atoms with Crippen molar-refractivity contribution in [1.82, 2.24) is 5.32 Å². The number of aryl methyl sites for hydroxylation is 1. The van der Waals surface area contributed by atoms with E-state index in [1.54, 1.807) is 7.11 Å². The van der Waals surface area contributed by atoms with Gasteiger partial charge in [-0.1, -0.05) is 49.1 Å². The molecule has 3 N–H and O–H groups in total. The fraction of sp³-hybridized carbons (Fsp3) is 0.611. The standard InChI is InChI=1S/C18H29N3O/c1-15-7-6-8-16(13-15)18(9-4-3-5-10-18)14-21-17(19)20-11-12-22-2/h6-8,13H,3-5,9-12,14H2,1-2H3,(H3,19,20,21). The lowest BCUT2D eigenvalue weighted by atomic mass is 9.69. The van der Waals surface area contributed by atoms with Crippen molar-refractivity contribution in [2.75, 3.05) is 26.8 Å². The number of benzene rings is 1. The van der Waals surface area contributed by atoms with E-state index in [4.69, 9.17) is 10.5 Å². The van der Waals surface area contributed by atoms with Crippen molar-refractivity contribution >= 4 is 5.96 Å². The van der Waals surface area contributed by atoms with Gasteiger partial charge in [0.05, 0.1) is 13.2 Å². The monoisotopic (exact) mass is 303 g/mol. The molecule has 122 valence electrons. The number of methoxy groups -OCH3 is 1. The number of hydrogen-bond acceptors (Lipinski definition) is 2. The highest BCUT2D eigenvalue weighted by atomic mass is 16.5. The van der Waals surface area contributed by atoms with Gasteiger partial charge in [0.25, 0.3) is 0 Å². The van der Waals surface area contributed by atoms with Gasteiger partial charge in [0.15, 0.2) is 5.96 Å². The van der Waals surface area contributed by atoms with Crippen LogP contribution in [0.15, 0.2) is 29.3 Å². The minimum Gasteiger partial charge on any atom is -0.383 e. The first-order valence-electron chi connectivity index (χ1n) is 8.26. The minimum atomic E-state index is 0.151. The minimum absolute atomic E-state index is 0.151. The summed E-state index contributed by atoms with van der Waals surface area (Å²) < 4.78 is 5.02. The number of hydrogen-bond donors (Lipinski definition) is 2. The van der Waals surface area contributed by atoms with Crippen molar-refractivity contribution < 1.29 is 4.74 Å². The van der Waals surface area contributed by atoms with Gasteiger partial charge in [-0.05, 0) is 25.3 Å². The van der Waals surface area contributed by atoms with E-state index in [0.29, 0.717) is 19.1 Å². The average molecular weight is 303 g/mol. The summed E-state index contributed by atoms with van der Waals surface area (Å²) in [7, 11) is 1.68. The summed E-state index contributed by atoms with van der Waals surface area (Å²) in [6.07, 6.45) is 6.29. The molecule has 1 aliphatic carbocycles. The highest BCUT2D eigenvalue weighted by molar-refractivity contribution is 5.77. The smallest absolute Gasteiger partial charge is 0.188 e. The first kappa shape index (κ1) is 16.8. The van der Waals surface area contributed by atoms with Crippen molar-refractivity contribution in [1.29, 1.82) is 0 Å². The van der Waals surface area contributed by atoms with E-state index in [0.717, 1.165) is 6.54 Å². The van der Waals surface area contributed by atoms with Crippen LogP contribution >= 0.6 is 0 Å². The molecule has 0 saturated heterocycles. The van der Waals surface area contributed by atoms with Crippen LogP contribution in [0.25, 0.3) is 0 Å². The summed E-state index contributed by atoms with van der Waals surface area (Å²) in [4.78, 5) is 4.63. The summed E-state index contributed by atoms with van der Waals surface area (Å²) in [5.41, 5.74) is 8.87. The highest BCUT2D eigenvalue weighted by Crippen LogP contribution is 2.40. The van der Waals surface area contributed by atoms with Crippen LogP contribution < -0.4 is 11.1 Å². The van der Waals surface area contributed by atoms with Gasteiger partial charge in [-0.15, -0.1) is 0 Å². The van der Waals surface area contributed by atoms with E-state index >= 15 is 0 Å². The maximum absolute atomic E-state index is 5.98. The zero-order valence-corrected chi connectivity index (χ0v) is 13.9. The SMILES string of the molecule is COCCNC(N)=NCC1(c2cccc(C)c2)CCCCC1. The highest BCUT2D eigenvalue weighted by Gasteiger charge is 2.33. The quantitative estimate of drug-likeness (QED) is 0.482. The fourth-order valence-electron chi connectivity index (χ4n) is 3.32. The molecule has 2 rings (SSSR count). The van der Waals surface area contributed by atoms with Gasteiger partial charge in [0.2, 0.25) is 0 Å². The van der Waals surface area contributed by atoms with Crippen LogP contribution in [-0.4, -0.2) is 32.8 Å². The molecule has 0 spiro atoms. The number of nitrogens with zero attached hydrogens (tertiary/aromatic N) is 1. The van der Waals surface area contributed by atoms with Crippen molar-refractivity contribution in [3.8, 4) is 0 Å². The molecule has 0 amide bonds. The first-order chi connectivity index (χ1) is 10.7. The molecular formula is C18H29N3O. The van der Waals surface area contributed by atoms with Gasteiger partial charge >= 0.3 is 0 Å². The number of guanidine groups is 1. The van der Waals surface area contributed by atoms with E-state index in [1.165, 1.54) is 43.2 Å². The van der Waals surface area contributed by atoms with E-state index in [2.05, 4.69) is 41.5 Å². The lowest BCUT2D eigenvalue weighted by Gasteiger charge is -2.37. The molecule has 4 heteroatoms. The Balaban J connectivity index is 2.11. The Labute approximate surface area is 134 Å². The molecule has 0 unspecified atom stereocenters. The third kappa shape index (κ3) is 4.47. The Bertz CT molecular complexity index is 493. The average Bonchev–Trinajstić information content (AvgIpc) is 2.54.